The summed E-state index contributed by atoms with van der Waals surface area (Å²) in [6.07, 6.45) is -6.56. The summed E-state index contributed by atoms with van der Waals surface area (Å²) in [5.74, 6) is -3.99. The van der Waals surface area contributed by atoms with Gasteiger partial charge in [-0.3, -0.25) is 9.59 Å². The Balaban J connectivity index is 1.85. The number of aliphatic hydroxyl groups is 1. The minimum atomic E-state index is -2.97. The number of amides is 1. The lowest BCUT2D eigenvalue weighted by Crippen LogP contribution is -2.82. The van der Waals surface area contributed by atoms with E-state index in [1.54, 1.807) is 84.9 Å². The molecule has 2 saturated carbocycles. The molecule has 0 aromatic heterocycles. The molecule has 74 heavy (non-hydrogen) atoms. The van der Waals surface area contributed by atoms with Crippen LogP contribution in [0.4, 0.5) is 4.79 Å². The first-order chi connectivity index (χ1) is 34.2. The Bertz CT molecular complexity index is 2250. The lowest BCUT2D eigenvalue weighted by molar-refractivity contribution is -0.344. The summed E-state index contributed by atoms with van der Waals surface area (Å²) in [6, 6.07) is 9.54. The number of Topliss-reactive ketones (excluding diaryl/α,β-unsaturated/α-hetero) is 1. The summed E-state index contributed by atoms with van der Waals surface area (Å²) in [4.78, 5) is 74.3. The number of alkyl carbamates (subject to hydrolysis) is 1. The predicted octanol–water partition coefficient (Wildman–Crippen LogP) is 10.7. The molecule has 0 radical (unpaired) electrons. The van der Waals surface area contributed by atoms with Crippen LogP contribution in [0.3, 0.4) is 0 Å². The maximum absolute atomic E-state index is 16.5. The largest absolute Gasteiger partial charge is 0.456 e. The second-order valence-electron chi connectivity index (χ2n) is 24.4. The Hall–Kier alpha value is -3.72. The molecular formula is C57H91NO14Si2. The van der Waals surface area contributed by atoms with Crippen molar-refractivity contribution in [1.29, 1.82) is 0 Å². The Morgan fingerprint density at radius 3 is 1.93 bits per heavy atom. The Labute approximate surface area is 444 Å². The number of ketones is 1. The van der Waals surface area contributed by atoms with E-state index in [4.69, 9.17) is 37.3 Å². The summed E-state index contributed by atoms with van der Waals surface area (Å²) in [5.41, 5.74) is -6.01. The highest BCUT2D eigenvalue weighted by Gasteiger charge is 2.78. The number of nitrogens with one attached hydrogen (secondary N) is 1. The van der Waals surface area contributed by atoms with E-state index in [0.717, 1.165) is 23.7 Å². The van der Waals surface area contributed by atoms with E-state index in [2.05, 4.69) is 67.6 Å². The summed E-state index contributed by atoms with van der Waals surface area (Å²) in [7, 11) is -4.10. The van der Waals surface area contributed by atoms with Crippen LogP contribution in [0.1, 0.15) is 155 Å². The van der Waals surface area contributed by atoms with E-state index in [0.29, 0.717) is 11.1 Å². The average molecular weight is 1070 g/mol. The SMILES string of the molecule is CC[Si](CC)(CC)O[C@H]1C[C@H]2OC[C@@]2(OC(C)=O)[C@H]2[C@H](OC(=O)c3ccccc3)[C@]3(O)C[C@H](OC(=O)[C@H](O[Si](C(C)C)(C(C)C)C(C)C)[C@H](C=C(C)C)NC(=O)OC(C)(C)C)C(C)=C([C@@H](OC)C(=O)[C@]12C)C3(C)C. The maximum atomic E-state index is 16.5. The Morgan fingerprint density at radius 2 is 1.47 bits per heavy atom. The van der Waals surface area contributed by atoms with Crippen LogP contribution < -0.4 is 5.32 Å². The van der Waals surface area contributed by atoms with Crippen molar-refractivity contribution >= 4 is 46.4 Å². The third-order valence-corrected chi connectivity index (χ3v) is 28.2. The van der Waals surface area contributed by atoms with Gasteiger partial charge in [-0.1, -0.05) is 106 Å². The number of allylic oxidation sites excluding steroid dienone is 1. The van der Waals surface area contributed by atoms with E-state index in [-0.39, 0.29) is 41.6 Å². The van der Waals surface area contributed by atoms with Gasteiger partial charge in [0.15, 0.2) is 25.8 Å². The van der Waals surface area contributed by atoms with E-state index in [9.17, 15) is 19.5 Å². The summed E-state index contributed by atoms with van der Waals surface area (Å²) in [6.45, 7) is 36.0. The van der Waals surface area contributed by atoms with Crippen LogP contribution in [0, 0.1) is 16.7 Å². The Kier molecular flexibility index (Phi) is 18.8. The van der Waals surface area contributed by atoms with Gasteiger partial charge >= 0.3 is 24.0 Å². The van der Waals surface area contributed by atoms with Gasteiger partial charge in [-0.15, -0.1) is 0 Å². The number of carbonyl (C=O) groups excluding carboxylic acids is 5. The third kappa shape index (κ3) is 11.0. The summed E-state index contributed by atoms with van der Waals surface area (Å²) in [5, 5.41) is 17.3. The van der Waals surface area contributed by atoms with Gasteiger partial charge in [0, 0.05) is 32.3 Å². The molecule has 3 fully saturated rings. The van der Waals surface area contributed by atoms with Gasteiger partial charge in [-0.25, -0.2) is 14.4 Å². The minimum absolute atomic E-state index is 0.00754. The molecule has 0 spiro atoms. The maximum Gasteiger partial charge on any atom is 0.408 e. The molecule has 3 aliphatic carbocycles. The number of fused-ring (bicyclic) bond motifs is 5. The lowest BCUT2D eigenvalue weighted by atomic mass is 9.44. The highest BCUT2D eigenvalue weighted by atomic mass is 28.4. The van der Waals surface area contributed by atoms with Gasteiger partial charge in [-0.05, 0) is 107 Å². The fourth-order valence-electron chi connectivity index (χ4n) is 13.5. The molecule has 2 bridgehead atoms. The second-order valence-corrected chi connectivity index (χ2v) is 34.5. The molecule has 1 aromatic carbocycles. The molecule has 15 nitrogen and oxygen atoms in total. The molecule has 11 atom stereocenters. The van der Waals surface area contributed by atoms with Gasteiger partial charge in [0.05, 0.1) is 35.6 Å². The van der Waals surface area contributed by atoms with Crippen LogP contribution in [0.25, 0.3) is 0 Å². The van der Waals surface area contributed by atoms with Crippen LogP contribution in [-0.4, -0.2) is 125 Å². The zero-order valence-corrected chi connectivity index (χ0v) is 50.3. The van der Waals surface area contributed by atoms with Gasteiger partial charge in [-0.2, -0.15) is 0 Å². The van der Waals surface area contributed by atoms with Crippen LogP contribution in [0.15, 0.2) is 53.1 Å². The first-order valence-electron chi connectivity index (χ1n) is 27.0. The molecule has 4 aliphatic rings. The van der Waals surface area contributed by atoms with Gasteiger partial charge in [0.1, 0.15) is 35.6 Å². The van der Waals surface area contributed by atoms with Crippen LogP contribution in [0.5, 0.6) is 0 Å². The number of esters is 3. The zero-order valence-electron chi connectivity index (χ0n) is 48.3. The average Bonchev–Trinajstić information content (AvgIpc) is 3.29. The third-order valence-electron chi connectivity index (χ3n) is 17.5. The van der Waals surface area contributed by atoms with E-state index < -0.39 is 123 Å². The second kappa shape index (κ2) is 22.7. The summed E-state index contributed by atoms with van der Waals surface area (Å²) >= 11 is 0. The van der Waals surface area contributed by atoms with E-state index in [1.165, 1.54) is 14.0 Å². The fraction of sp³-hybridized carbons (Fsp3) is 0.737. The number of hydrogen-bond acceptors (Lipinski definition) is 14. The molecule has 1 amide bonds. The number of rotatable bonds is 19. The predicted molar refractivity (Wildman–Crippen MR) is 288 cm³/mol. The molecule has 2 N–H and O–H groups in total. The molecule has 5 rings (SSSR count). The topological polar surface area (TPSA) is 191 Å². The smallest absolute Gasteiger partial charge is 0.408 e. The number of hydrogen-bond donors (Lipinski definition) is 2. The van der Waals surface area contributed by atoms with Gasteiger partial charge in [0.25, 0.3) is 0 Å². The van der Waals surface area contributed by atoms with Crippen molar-refractivity contribution in [2.75, 3.05) is 13.7 Å². The van der Waals surface area contributed by atoms with Crippen molar-refractivity contribution in [2.24, 2.45) is 16.7 Å². The van der Waals surface area contributed by atoms with E-state index >= 15 is 9.59 Å². The van der Waals surface area contributed by atoms with E-state index in [1.807, 2.05) is 13.8 Å². The highest BCUT2D eigenvalue weighted by Crippen LogP contribution is 2.65. The molecule has 1 aromatic rings. The first-order valence-corrected chi connectivity index (χ1v) is 31.7. The van der Waals surface area contributed by atoms with Crippen molar-refractivity contribution in [1.82, 2.24) is 5.32 Å². The normalized spacial score (nSPS) is 29.7. The molecule has 17 heteroatoms. The van der Waals surface area contributed by atoms with Crippen LogP contribution in [0.2, 0.25) is 34.8 Å². The minimum Gasteiger partial charge on any atom is -0.456 e. The Morgan fingerprint density at radius 1 is 0.905 bits per heavy atom. The van der Waals surface area contributed by atoms with Gasteiger partial charge in [0.2, 0.25) is 8.32 Å². The monoisotopic (exact) mass is 1070 g/mol. The lowest BCUT2D eigenvalue weighted by Gasteiger charge is -2.68. The molecule has 0 unspecified atom stereocenters. The molecule has 1 saturated heterocycles. The fourth-order valence-corrected chi connectivity index (χ4v) is 22.0. The standard InChI is InChI=1S/C57H91NO14Si2/c1-21-73(22-2,23-3)71-42-30-43-56(32-66-43,69-38(13)59)47-49(68-50(61)39-27-25-24-26-28-39)57(64)31-41(37(12)44(54(57,17)18)46(65-20)48(60)55(42,47)19)67-51(62)45(72-74(34(6)7,35(8)9)36(10)11)40(29-33(4)5)58-52(63)70-53(14,15)16/h24-29,34-36,40-43,45-47,49,64H,21-23,30-32H2,1-20H3,(H,58,63)/t40-,41-,42-,43+,45+,46+,47-,49-,55+,56-,57+/m0/s1. The molecular weight excluding hydrogens is 979 g/mol. The van der Waals surface area contributed by atoms with Crippen LogP contribution in [-0.2, 0) is 51.7 Å². The van der Waals surface area contributed by atoms with Crippen molar-refractivity contribution in [3.63, 3.8) is 0 Å². The number of carbonyl (C=O) groups is 5. The molecule has 1 heterocycles. The highest BCUT2D eigenvalue weighted by molar-refractivity contribution is 6.77. The quantitative estimate of drug-likeness (QED) is 0.0575. The molecule has 1 aliphatic heterocycles. The zero-order chi connectivity index (χ0) is 55.9. The first kappa shape index (κ1) is 61.1. The van der Waals surface area contributed by atoms with Crippen molar-refractivity contribution in [2.45, 2.75) is 239 Å². The van der Waals surface area contributed by atoms with Crippen molar-refractivity contribution < 1.29 is 66.4 Å². The van der Waals surface area contributed by atoms with Gasteiger partial charge < -0.3 is 47.7 Å². The van der Waals surface area contributed by atoms with Crippen molar-refractivity contribution in [3.8, 4) is 0 Å². The molecule has 416 valence electrons. The number of methoxy groups -OCH3 is 1. The number of benzene rings is 1. The summed E-state index contributed by atoms with van der Waals surface area (Å²) < 4.78 is 53.3. The number of ether oxygens (including phenoxy) is 6. The van der Waals surface area contributed by atoms with Crippen LogP contribution >= 0.6 is 0 Å². The van der Waals surface area contributed by atoms with Crippen molar-refractivity contribution in [3.05, 3.63) is 58.7 Å².